The Bertz CT molecular complexity index is 705. The molecule has 0 bridgehead atoms. The highest BCUT2D eigenvalue weighted by molar-refractivity contribution is 5.93. The monoisotopic (exact) mass is 356 g/mol. The summed E-state index contributed by atoms with van der Waals surface area (Å²) < 4.78 is 40.8. The van der Waals surface area contributed by atoms with Crippen LogP contribution in [-0.4, -0.2) is 38.7 Å². The van der Waals surface area contributed by atoms with E-state index < -0.39 is 23.7 Å². The molecule has 1 aliphatic heterocycles. The molecule has 1 aromatic rings. The van der Waals surface area contributed by atoms with Gasteiger partial charge in [0.15, 0.2) is 0 Å². The Labute approximate surface area is 142 Å². The third-order valence-electron chi connectivity index (χ3n) is 4.87. The summed E-state index contributed by atoms with van der Waals surface area (Å²) in [6.45, 7) is 0. The van der Waals surface area contributed by atoms with Gasteiger partial charge in [-0.25, -0.2) is 0 Å². The molecule has 3 rings (SSSR count). The van der Waals surface area contributed by atoms with Crippen molar-refractivity contribution in [1.29, 1.82) is 0 Å². The van der Waals surface area contributed by atoms with Crippen molar-refractivity contribution >= 4 is 11.6 Å². The van der Waals surface area contributed by atoms with Gasteiger partial charge in [-0.05, 0) is 37.3 Å². The van der Waals surface area contributed by atoms with Crippen LogP contribution in [0.25, 0.3) is 0 Å². The molecule has 0 unspecified atom stereocenters. The molecule has 0 saturated heterocycles. The quantitative estimate of drug-likeness (QED) is 0.875. The minimum Gasteiger partial charge on any atom is -0.508 e. The van der Waals surface area contributed by atoms with Crippen molar-refractivity contribution in [3.05, 3.63) is 29.8 Å². The number of phenols is 1. The lowest BCUT2D eigenvalue weighted by molar-refractivity contribution is -0.317. The molecule has 1 aliphatic carbocycles. The van der Waals surface area contributed by atoms with Crippen molar-refractivity contribution in [2.75, 3.05) is 0 Å². The van der Waals surface area contributed by atoms with Gasteiger partial charge >= 0.3 is 6.18 Å². The van der Waals surface area contributed by atoms with Gasteiger partial charge in [-0.2, -0.15) is 23.3 Å². The summed E-state index contributed by atoms with van der Waals surface area (Å²) in [7, 11) is 0. The highest BCUT2D eigenvalue weighted by Crippen LogP contribution is 2.48. The van der Waals surface area contributed by atoms with Crippen LogP contribution >= 0.6 is 0 Å². The highest BCUT2D eigenvalue weighted by atomic mass is 19.4. The van der Waals surface area contributed by atoms with E-state index in [9.17, 15) is 28.2 Å². The number of aromatic hydroxyl groups is 1. The summed E-state index contributed by atoms with van der Waals surface area (Å²) >= 11 is 0. The van der Waals surface area contributed by atoms with E-state index in [0.29, 0.717) is 24.8 Å². The molecule has 1 aromatic carbocycles. The molecule has 1 amide bonds. The first-order chi connectivity index (χ1) is 11.7. The molecule has 1 heterocycles. The largest absolute Gasteiger partial charge is 0.508 e. The van der Waals surface area contributed by atoms with Gasteiger partial charge in [0.1, 0.15) is 5.75 Å². The predicted octanol–water partition coefficient (Wildman–Crippen LogP) is 2.96. The van der Waals surface area contributed by atoms with Crippen LogP contribution in [0.4, 0.5) is 13.2 Å². The Morgan fingerprint density at radius 2 is 2.04 bits per heavy atom. The van der Waals surface area contributed by atoms with E-state index in [-0.39, 0.29) is 35.7 Å². The van der Waals surface area contributed by atoms with E-state index >= 15 is 0 Å². The van der Waals surface area contributed by atoms with Crippen molar-refractivity contribution in [2.45, 2.75) is 50.4 Å². The summed E-state index contributed by atoms with van der Waals surface area (Å²) in [6, 6.07) is 6.31. The van der Waals surface area contributed by atoms with Gasteiger partial charge in [-0.15, -0.1) is 0 Å². The minimum absolute atomic E-state index is 0.0252. The van der Waals surface area contributed by atoms with Crippen molar-refractivity contribution < 1.29 is 28.2 Å². The lowest BCUT2D eigenvalue weighted by Gasteiger charge is -2.38. The number of hydrazone groups is 1. The fourth-order valence-corrected chi connectivity index (χ4v) is 3.53. The Kier molecular flexibility index (Phi) is 4.49. The number of alkyl halides is 3. The Morgan fingerprint density at radius 3 is 2.72 bits per heavy atom. The number of hydrogen-bond donors (Lipinski definition) is 2. The molecule has 5 nitrogen and oxygen atoms in total. The van der Waals surface area contributed by atoms with E-state index in [0.717, 1.165) is 0 Å². The summed E-state index contributed by atoms with van der Waals surface area (Å²) in [6.07, 6.45) is -3.47. The van der Waals surface area contributed by atoms with Crippen LogP contribution in [0.1, 0.15) is 37.7 Å². The van der Waals surface area contributed by atoms with Gasteiger partial charge in [-0.1, -0.05) is 24.6 Å². The zero-order valence-electron chi connectivity index (χ0n) is 13.5. The molecule has 1 fully saturated rings. The number of nitrogens with zero attached hydrogens (tertiary/aromatic N) is 2. The Hall–Kier alpha value is -2.09. The number of para-hydroxylation sites is 1. The Balaban J connectivity index is 1.82. The first-order valence-corrected chi connectivity index (χ1v) is 8.21. The second-order valence-corrected chi connectivity index (χ2v) is 6.45. The van der Waals surface area contributed by atoms with Crippen molar-refractivity contribution in [2.24, 2.45) is 11.0 Å². The van der Waals surface area contributed by atoms with Crippen LogP contribution in [0.2, 0.25) is 0 Å². The summed E-state index contributed by atoms with van der Waals surface area (Å²) in [5.74, 6) is -2.14. The molecule has 0 radical (unpaired) electrons. The third kappa shape index (κ3) is 2.99. The molecular weight excluding hydrogens is 337 g/mol. The van der Waals surface area contributed by atoms with E-state index in [1.54, 1.807) is 18.2 Å². The van der Waals surface area contributed by atoms with E-state index in [1.807, 2.05) is 0 Å². The van der Waals surface area contributed by atoms with Crippen molar-refractivity contribution in [1.82, 2.24) is 5.01 Å². The van der Waals surface area contributed by atoms with Crippen LogP contribution in [0.3, 0.4) is 0 Å². The van der Waals surface area contributed by atoms with Crippen LogP contribution in [0, 0.1) is 5.92 Å². The fraction of sp³-hybridized carbons (Fsp3) is 0.529. The van der Waals surface area contributed by atoms with Crippen molar-refractivity contribution in [3.63, 3.8) is 0 Å². The summed E-state index contributed by atoms with van der Waals surface area (Å²) in [5.41, 5.74) is -2.59. The number of carbonyl (C=O) groups excluding carboxylic acids is 1. The lowest BCUT2D eigenvalue weighted by atomic mass is 9.80. The van der Waals surface area contributed by atoms with Crippen LogP contribution in [-0.2, 0) is 11.2 Å². The number of rotatable bonds is 3. The molecular formula is C17H19F3N2O3. The molecule has 2 aliphatic rings. The summed E-state index contributed by atoms with van der Waals surface area (Å²) in [4.78, 5) is 12.4. The minimum atomic E-state index is -5.00. The number of halogens is 3. The molecule has 0 spiro atoms. The zero-order chi connectivity index (χ0) is 18.2. The number of aliphatic hydroxyl groups is 1. The summed E-state index contributed by atoms with van der Waals surface area (Å²) in [5, 5.41) is 24.2. The standard InChI is InChI=1S/C17H19F3N2O3/c18-17(19,20)16(25)12-6-2-3-7-13(12)21-22(16)15(24)10-9-11-5-1-4-8-14(11)23/h1,4-5,8,12,23,25H,2-3,6-7,9-10H2/t12-,16+/m0/s1. The topological polar surface area (TPSA) is 73.1 Å². The van der Waals surface area contributed by atoms with Crippen LogP contribution < -0.4 is 0 Å². The SMILES string of the molecule is O=C(CCc1ccccc1O)N1N=C2CCCC[C@@H]2[C@@]1(O)C(F)(F)F. The molecule has 0 aromatic heterocycles. The number of phenolic OH excluding ortho intramolecular Hbond substituents is 1. The van der Waals surface area contributed by atoms with Gasteiger partial charge in [0.25, 0.3) is 5.72 Å². The van der Waals surface area contributed by atoms with Crippen LogP contribution in [0.5, 0.6) is 5.75 Å². The molecule has 8 heteroatoms. The maximum atomic E-state index is 13.6. The first kappa shape index (κ1) is 17.7. The van der Waals surface area contributed by atoms with Gasteiger partial charge < -0.3 is 10.2 Å². The fourth-order valence-electron chi connectivity index (χ4n) is 3.53. The molecule has 136 valence electrons. The number of hydrogen-bond acceptors (Lipinski definition) is 4. The smallest absolute Gasteiger partial charge is 0.439 e. The number of carbonyl (C=O) groups is 1. The Morgan fingerprint density at radius 1 is 1.32 bits per heavy atom. The van der Waals surface area contributed by atoms with Gasteiger partial charge in [0.2, 0.25) is 5.91 Å². The second-order valence-electron chi connectivity index (χ2n) is 6.45. The third-order valence-corrected chi connectivity index (χ3v) is 4.87. The number of aryl methyl sites for hydroxylation is 1. The number of benzene rings is 1. The maximum Gasteiger partial charge on any atom is 0.439 e. The van der Waals surface area contributed by atoms with E-state index in [2.05, 4.69) is 5.10 Å². The maximum absolute atomic E-state index is 13.6. The molecule has 2 N–H and O–H groups in total. The average Bonchev–Trinajstić information content (AvgIpc) is 2.88. The zero-order valence-corrected chi connectivity index (χ0v) is 13.5. The van der Waals surface area contributed by atoms with Crippen LogP contribution in [0.15, 0.2) is 29.4 Å². The lowest BCUT2D eigenvalue weighted by Crippen LogP contribution is -2.61. The number of amides is 1. The predicted molar refractivity (Wildman–Crippen MR) is 83.7 cm³/mol. The van der Waals surface area contributed by atoms with E-state index in [4.69, 9.17) is 0 Å². The normalized spacial score (nSPS) is 26.3. The molecule has 2 atom stereocenters. The number of fused-ring (bicyclic) bond motifs is 1. The molecule has 1 saturated carbocycles. The van der Waals surface area contributed by atoms with Gasteiger partial charge in [0, 0.05) is 12.1 Å². The van der Waals surface area contributed by atoms with Gasteiger partial charge in [0.05, 0.1) is 5.92 Å². The first-order valence-electron chi connectivity index (χ1n) is 8.21. The molecule has 25 heavy (non-hydrogen) atoms. The van der Waals surface area contributed by atoms with E-state index in [1.165, 1.54) is 6.07 Å². The highest BCUT2D eigenvalue weighted by Gasteiger charge is 2.68. The van der Waals surface area contributed by atoms with Crippen molar-refractivity contribution in [3.8, 4) is 5.75 Å². The second kappa shape index (κ2) is 6.33. The average molecular weight is 356 g/mol. The van der Waals surface area contributed by atoms with Gasteiger partial charge in [-0.3, -0.25) is 4.79 Å².